The average Bonchev–Trinajstić information content (AvgIpc) is 2.86. The number of thiophene rings is 1. The zero-order chi connectivity index (χ0) is 12.6. The molecule has 0 saturated carbocycles. The minimum atomic E-state index is 0.252. The summed E-state index contributed by atoms with van der Waals surface area (Å²) < 4.78 is 1.38. The number of hydrogen-bond donors (Lipinski definition) is 1. The molecule has 0 spiro atoms. The lowest BCUT2D eigenvalue weighted by atomic mass is 9.95. The van der Waals surface area contributed by atoms with Crippen molar-refractivity contribution in [3.8, 4) is 0 Å². The van der Waals surface area contributed by atoms with Gasteiger partial charge in [-0.25, -0.2) is 0 Å². The van der Waals surface area contributed by atoms with E-state index in [2.05, 4.69) is 53.7 Å². The molecule has 96 valence electrons. The Hall–Kier alpha value is -1.06. The highest BCUT2D eigenvalue weighted by Gasteiger charge is 2.28. The summed E-state index contributed by atoms with van der Waals surface area (Å²) in [5.41, 5.74) is 1.61. The second-order valence-corrected chi connectivity index (χ2v) is 6.35. The zero-order valence-electron chi connectivity index (χ0n) is 11.1. The van der Waals surface area contributed by atoms with Crippen LogP contribution >= 0.6 is 11.3 Å². The van der Waals surface area contributed by atoms with Crippen LogP contribution in [0.5, 0.6) is 0 Å². The summed E-state index contributed by atoms with van der Waals surface area (Å²) in [6.07, 6.45) is 1.17. The van der Waals surface area contributed by atoms with E-state index in [4.69, 9.17) is 0 Å². The van der Waals surface area contributed by atoms with Crippen molar-refractivity contribution in [2.45, 2.75) is 25.8 Å². The van der Waals surface area contributed by atoms with Gasteiger partial charge in [0.2, 0.25) is 0 Å². The van der Waals surface area contributed by atoms with E-state index in [1.54, 1.807) is 0 Å². The van der Waals surface area contributed by atoms with Gasteiger partial charge in [-0.1, -0.05) is 6.92 Å². The Morgan fingerprint density at radius 3 is 3.11 bits per heavy atom. The molecule has 3 heteroatoms. The molecule has 18 heavy (non-hydrogen) atoms. The number of anilines is 1. The van der Waals surface area contributed by atoms with Crippen LogP contribution in [-0.4, -0.2) is 25.2 Å². The first-order valence-corrected chi connectivity index (χ1v) is 7.55. The highest BCUT2D eigenvalue weighted by Crippen LogP contribution is 2.28. The molecule has 1 aromatic carbocycles. The number of nitrogens with zero attached hydrogens (tertiary/aromatic N) is 1. The van der Waals surface area contributed by atoms with Crippen LogP contribution < -0.4 is 10.2 Å². The summed E-state index contributed by atoms with van der Waals surface area (Å²) >= 11 is 1.82. The van der Waals surface area contributed by atoms with Crippen LogP contribution in [0.1, 0.15) is 20.3 Å². The van der Waals surface area contributed by atoms with Crippen LogP contribution in [0.2, 0.25) is 0 Å². The Bertz CT molecular complexity index is 548. The van der Waals surface area contributed by atoms with Gasteiger partial charge >= 0.3 is 0 Å². The van der Waals surface area contributed by atoms with Gasteiger partial charge in [-0.15, -0.1) is 11.3 Å². The molecule has 1 saturated heterocycles. The number of piperazine rings is 1. The molecule has 1 atom stereocenters. The number of fused-ring (bicyclic) bond motifs is 1. The predicted octanol–water partition coefficient (Wildman–Crippen LogP) is 3.48. The van der Waals surface area contributed by atoms with Gasteiger partial charge in [0.25, 0.3) is 0 Å². The molecule has 2 heterocycles. The summed E-state index contributed by atoms with van der Waals surface area (Å²) in [7, 11) is 0. The van der Waals surface area contributed by atoms with E-state index in [0.717, 1.165) is 19.6 Å². The molecule has 1 aliphatic heterocycles. The maximum atomic E-state index is 3.64. The van der Waals surface area contributed by atoms with E-state index < -0.39 is 0 Å². The first-order valence-electron chi connectivity index (χ1n) is 6.67. The highest BCUT2D eigenvalue weighted by atomic mass is 32.1. The molecule has 1 N–H and O–H groups in total. The average molecular weight is 260 g/mol. The van der Waals surface area contributed by atoms with Crippen molar-refractivity contribution in [2.75, 3.05) is 24.5 Å². The summed E-state index contributed by atoms with van der Waals surface area (Å²) in [6.45, 7) is 7.86. The topological polar surface area (TPSA) is 15.3 Å². The highest BCUT2D eigenvalue weighted by molar-refractivity contribution is 7.17. The second kappa shape index (κ2) is 4.56. The molecular weight excluding hydrogens is 240 g/mol. The van der Waals surface area contributed by atoms with Crippen molar-refractivity contribution >= 4 is 27.1 Å². The maximum Gasteiger partial charge on any atom is 0.0374 e. The molecule has 0 bridgehead atoms. The predicted molar refractivity (Wildman–Crippen MR) is 80.7 cm³/mol. The van der Waals surface area contributed by atoms with Gasteiger partial charge in [-0.3, -0.25) is 0 Å². The maximum absolute atomic E-state index is 3.64. The molecule has 0 aliphatic carbocycles. The smallest absolute Gasteiger partial charge is 0.0374 e. The normalized spacial score (nSPS) is 24.7. The van der Waals surface area contributed by atoms with Gasteiger partial charge in [0, 0.05) is 35.6 Å². The Morgan fingerprint density at radius 1 is 1.39 bits per heavy atom. The fourth-order valence-electron chi connectivity index (χ4n) is 2.66. The van der Waals surface area contributed by atoms with E-state index >= 15 is 0 Å². The van der Waals surface area contributed by atoms with Crippen LogP contribution in [0.3, 0.4) is 0 Å². The van der Waals surface area contributed by atoms with Crippen molar-refractivity contribution in [3.63, 3.8) is 0 Å². The molecule has 1 aliphatic rings. The summed E-state index contributed by atoms with van der Waals surface area (Å²) in [5, 5.41) is 7.18. The number of nitrogens with one attached hydrogen (secondary N) is 1. The molecule has 0 radical (unpaired) electrons. The number of hydrogen-bond acceptors (Lipinski definition) is 3. The van der Waals surface area contributed by atoms with Crippen LogP contribution in [-0.2, 0) is 0 Å². The van der Waals surface area contributed by atoms with Crippen molar-refractivity contribution in [3.05, 3.63) is 29.6 Å². The largest absolute Gasteiger partial charge is 0.368 e. The molecule has 1 fully saturated rings. The standard InChI is InChI=1S/C15H20N2S/c1-3-15(2)11-17(8-7-16-15)13-4-5-14-12(10-13)6-9-18-14/h4-6,9-10,16H,3,7-8,11H2,1-2H3. The third-order valence-corrected chi connectivity index (χ3v) is 4.95. The zero-order valence-corrected chi connectivity index (χ0v) is 11.9. The van der Waals surface area contributed by atoms with Crippen LogP contribution in [0.4, 0.5) is 5.69 Å². The van der Waals surface area contributed by atoms with Crippen molar-refractivity contribution in [1.29, 1.82) is 0 Å². The van der Waals surface area contributed by atoms with E-state index in [9.17, 15) is 0 Å². The minimum absolute atomic E-state index is 0.252. The van der Waals surface area contributed by atoms with E-state index in [1.807, 2.05) is 11.3 Å². The Labute approximate surface area is 113 Å². The van der Waals surface area contributed by atoms with E-state index in [-0.39, 0.29) is 5.54 Å². The molecule has 2 nitrogen and oxygen atoms in total. The van der Waals surface area contributed by atoms with Gasteiger partial charge in [0.15, 0.2) is 0 Å². The van der Waals surface area contributed by atoms with Crippen LogP contribution in [0, 0.1) is 0 Å². The monoisotopic (exact) mass is 260 g/mol. The van der Waals surface area contributed by atoms with Crippen molar-refractivity contribution < 1.29 is 0 Å². The van der Waals surface area contributed by atoms with Crippen molar-refractivity contribution in [1.82, 2.24) is 5.32 Å². The van der Waals surface area contributed by atoms with Gasteiger partial charge in [0.1, 0.15) is 0 Å². The first kappa shape index (κ1) is 12.0. The fraction of sp³-hybridized carbons (Fsp3) is 0.467. The Kier molecular flexibility index (Phi) is 3.04. The summed E-state index contributed by atoms with van der Waals surface area (Å²) in [6, 6.07) is 9.05. The summed E-state index contributed by atoms with van der Waals surface area (Å²) in [5.74, 6) is 0. The lowest BCUT2D eigenvalue weighted by molar-refractivity contribution is 0.314. The van der Waals surface area contributed by atoms with Gasteiger partial charge < -0.3 is 10.2 Å². The Balaban J connectivity index is 1.89. The number of benzene rings is 1. The van der Waals surface area contributed by atoms with Gasteiger partial charge in [-0.2, -0.15) is 0 Å². The molecule has 3 rings (SSSR count). The Morgan fingerprint density at radius 2 is 2.28 bits per heavy atom. The van der Waals surface area contributed by atoms with Crippen molar-refractivity contribution in [2.24, 2.45) is 0 Å². The summed E-state index contributed by atoms with van der Waals surface area (Å²) in [4.78, 5) is 2.51. The van der Waals surface area contributed by atoms with Gasteiger partial charge in [0.05, 0.1) is 0 Å². The quantitative estimate of drug-likeness (QED) is 0.889. The third-order valence-electron chi connectivity index (χ3n) is 4.05. The molecule has 0 amide bonds. The van der Waals surface area contributed by atoms with Crippen LogP contribution in [0.15, 0.2) is 29.6 Å². The molecule has 2 aromatic rings. The SMILES string of the molecule is CCC1(C)CN(c2ccc3sccc3c2)CCN1. The van der Waals surface area contributed by atoms with E-state index in [1.165, 1.54) is 22.2 Å². The van der Waals surface area contributed by atoms with Gasteiger partial charge in [-0.05, 0) is 48.4 Å². The van der Waals surface area contributed by atoms with E-state index in [0.29, 0.717) is 0 Å². The minimum Gasteiger partial charge on any atom is -0.368 e. The van der Waals surface area contributed by atoms with Crippen LogP contribution in [0.25, 0.3) is 10.1 Å². The first-order chi connectivity index (χ1) is 8.70. The molecular formula is C15H20N2S. The molecule has 1 aromatic heterocycles. The third kappa shape index (κ3) is 2.13. The molecule has 1 unspecified atom stereocenters. The number of rotatable bonds is 2. The lowest BCUT2D eigenvalue weighted by Gasteiger charge is -2.42. The lowest BCUT2D eigenvalue weighted by Crippen LogP contribution is -2.58. The fourth-order valence-corrected chi connectivity index (χ4v) is 3.43. The second-order valence-electron chi connectivity index (χ2n) is 5.41.